The smallest absolute Gasteiger partial charge is 0.313 e. The third kappa shape index (κ3) is 4.01. The molecule has 2 rings (SSSR count). The number of amides is 2. The lowest BCUT2D eigenvalue weighted by molar-refractivity contribution is -0.136. The Morgan fingerprint density at radius 1 is 1.22 bits per heavy atom. The minimum Gasteiger partial charge on any atom is -0.346 e. The van der Waals surface area contributed by atoms with Gasteiger partial charge in [-0.05, 0) is 44.9 Å². The zero-order chi connectivity index (χ0) is 17.2. The normalized spacial score (nSPS) is 16.4. The largest absolute Gasteiger partial charge is 0.346 e. The quantitative estimate of drug-likeness (QED) is 0.803. The standard InChI is InChI=1S/C15H21N3O4S/c1-10(2)16-14(19)15(20)17-13-9-12(6-5-11(13)3)18-7-4-8-23(18,21)22/h5-6,9-10H,4,7-8H2,1-3H3,(H,16,19)(H,17,20). The van der Waals surface area contributed by atoms with E-state index in [0.29, 0.717) is 24.3 Å². The molecule has 1 aromatic carbocycles. The maximum atomic E-state index is 12.0. The van der Waals surface area contributed by atoms with E-state index in [2.05, 4.69) is 10.6 Å². The van der Waals surface area contributed by atoms with E-state index < -0.39 is 21.8 Å². The highest BCUT2D eigenvalue weighted by Crippen LogP contribution is 2.28. The van der Waals surface area contributed by atoms with Gasteiger partial charge in [0.25, 0.3) is 0 Å². The van der Waals surface area contributed by atoms with Crippen LogP contribution in [0.5, 0.6) is 0 Å². The van der Waals surface area contributed by atoms with Gasteiger partial charge in [0.1, 0.15) is 0 Å². The van der Waals surface area contributed by atoms with Gasteiger partial charge in [0.15, 0.2) is 0 Å². The molecule has 2 N–H and O–H groups in total. The van der Waals surface area contributed by atoms with E-state index in [1.54, 1.807) is 39.0 Å². The molecule has 1 aliphatic rings. The van der Waals surface area contributed by atoms with E-state index in [-0.39, 0.29) is 11.8 Å². The Balaban J connectivity index is 2.21. The van der Waals surface area contributed by atoms with Gasteiger partial charge < -0.3 is 10.6 Å². The third-order valence-corrected chi connectivity index (χ3v) is 5.35. The second kappa shape index (κ2) is 6.57. The maximum absolute atomic E-state index is 12.0. The first kappa shape index (κ1) is 17.3. The molecule has 1 aliphatic heterocycles. The van der Waals surface area contributed by atoms with Crippen LogP contribution in [-0.2, 0) is 19.6 Å². The molecule has 0 aromatic heterocycles. The summed E-state index contributed by atoms with van der Waals surface area (Å²) >= 11 is 0. The van der Waals surface area contributed by atoms with Crippen molar-refractivity contribution in [3.05, 3.63) is 23.8 Å². The van der Waals surface area contributed by atoms with Crippen LogP contribution in [0.3, 0.4) is 0 Å². The van der Waals surface area contributed by atoms with E-state index in [1.807, 2.05) is 0 Å². The fourth-order valence-corrected chi connectivity index (χ4v) is 3.89. The zero-order valence-corrected chi connectivity index (χ0v) is 14.2. The number of benzene rings is 1. The lowest BCUT2D eigenvalue weighted by Gasteiger charge is -2.19. The summed E-state index contributed by atoms with van der Waals surface area (Å²) in [5, 5.41) is 5.04. The molecule has 23 heavy (non-hydrogen) atoms. The molecule has 7 nitrogen and oxygen atoms in total. The van der Waals surface area contributed by atoms with E-state index in [4.69, 9.17) is 0 Å². The van der Waals surface area contributed by atoms with Crippen molar-refractivity contribution in [3.63, 3.8) is 0 Å². The lowest BCUT2D eigenvalue weighted by Crippen LogP contribution is -2.39. The first-order chi connectivity index (χ1) is 10.7. The van der Waals surface area contributed by atoms with Crippen LogP contribution in [0.4, 0.5) is 11.4 Å². The average molecular weight is 339 g/mol. The topological polar surface area (TPSA) is 95.6 Å². The summed E-state index contributed by atoms with van der Waals surface area (Å²) < 4.78 is 25.3. The Kier molecular flexibility index (Phi) is 4.93. The Morgan fingerprint density at radius 3 is 2.48 bits per heavy atom. The molecule has 0 aliphatic carbocycles. The predicted octanol–water partition coefficient (Wildman–Crippen LogP) is 0.998. The number of carbonyl (C=O) groups excluding carboxylic acids is 2. The van der Waals surface area contributed by atoms with Crippen LogP contribution < -0.4 is 14.9 Å². The van der Waals surface area contributed by atoms with E-state index in [9.17, 15) is 18.0 Å². The number of anilines is 2. The van der Waals surface area contributed by atoms with Crippen LogP contribution in [-0.4, -0.2) is 38.6 Å². The fourth-order valence-electron chi connectivity index (χ4n) is 2.34. The molecule has 0 saturated carbocycles. The van der Waals surface area contributed by atoms with Crippen LogP contribution in [0.2, 0.25) is 0 Å². The second-order valence-electron chi connectivity index (χ2n) is 5.82. The molecule has 126 valence electrons. The van der Waals surface area contributed by atoms with Crippen LogP contribution >= 0.6 is 0 Å². The van der Waals surface area contributed by atoms with Gasteiger partial charge in [-0.1, -0.05) is 6.07 Å². The molecule has 0 unspecified atom stereocenters. The Hall–Kier alpha value is -2.09. The third-order valence-electron chi connectivity index (χ3n) is 3.48. The van der Waals surface area contributed by atoms with Crippen molar-refractivity contribution in [2.75, 3.05) is 21.9 Å². The molecule has 2 amide bonds. The highest BCUT2D eigenvalue weighted by molar-refractivity contribution is 7.93. The molecular weight excluding hydrogens is 318 g/mol. The Labute approximate surface area is 136 Å². The summed E-state index contributed by atoms with van der Waals surface area (Å²) in [6.07, 6.45) is 0.578. The SMILES string of the molecule is Cc1ccc(N2CCCS2(=O)=O)cc1NC(=O)C(=O)NC(C)C. The monoisotopic (exact) mass is 339 g/mol. The number of carbonyl (C=O) groups is 2. The highest BCUT2D eigenvalue weighted by Gasteiger charge is 2.28. The van der Waals surface area contributed by atoms with Gasteiger partial charge in [-0.15, -0.1) is 0 Å². The molecule has 0 bridgehead atoms. The fraction of sp³-hybridized carbons (Fsp3) is 0.467. The Bertz CT molecular complexity index is 728. The van der Waals surface area contributed by atoms with Crippen molar-refractivity contribution >= 4 is 33.2 Å². The molecule has 0 spiro atoms. The minimum absolute atomic E-state index is 0.124. The van der Waals surface area contributed by atoms with E-state index in [0.717, 1.165) is 5.56 Å². The molecule has 8 heteroatoms. The number of hydrogen-bond acceptors (Lipinski definition) is 4. The first-order valence-corrected chi connectivity index (χ1v) is 9.04. The summed E-state index contributed by atoms with van der Waals surface area (Å²) in [4.78, 5) is 23.6. The van der Waals surface area contributed by atoms with E-state index in [1.165, 1.54) is 4.31 Å². The van der Waals surface area contributed by atoms with Gasteiger partial charge >= 0.3 is 11.8 Å². The molecule has 1 fully saturated rings. The zero-order valence-electron chi connectivity index (χ0n) is 13.4. The van der Waals surface area contributed by atoms with Crippen molar-refractivity contribution in [1.82, 2.24) is 5.32 Å². The van der Waals surface area contributed by atoms with Crippen molar-refractivity contribution < 1.29 is 18.0 Å². The molecule has 1 aromatic rings. The first-order valence-electron chi connectivity index (χ1n) is 7.43. The molecule has 1 saturated heterocycles. The van der Waals surface area contributed by atoms with Gasteiger partial charge in [0.2, 0.25) is 10.0 Å². The maximum Gasteiger partial charge on any atom is 0.313 e. The van der Waals surface area contributed by atoms with Crippen molar-refractivity contribution in [3.8, 4) is 0 Å². The van der Waals surface area contributed by atoms with Gasteiger partial charge in [-0.25, -0.2) is 8.42 Å². The lowest BCUT2D eigenvalue weighted by atomic mass is 10.1. The van der Waals surface area contributed by atoms with E-state index >= 15 is 0 Å². The highest BCUT2D eigenvalue weighted by atomic mass is 32.2. The van der Waals surface area contributed by atoms with Crippen molar-refractivity contribution in [2.45, 2.75) is 33.2 Å². The average Bonchev–Trinajstić information content (AvgIpc) is 2.80. The van der Waals surface area contributed by atoms with Gasteiger partial charge in [0, 0.05) is 18.3 Å². The minimum atomic E-state index is -3.29. The van der Waals surface area contributed by atoms with Crippen LogP contribution in [0.15, 0.2) is 18.2 Å². The summed E-state index contributed by atoms with van der Waals surface area (Å²) in [7, 11) is -3.29. The Morgan fingerprint density at radius 2 is 1.91 bits per heavy atom. The number of hydrogen-bond donors (Lipinski definition) is 2. The number of sulfonamides is 1. The summed E-state index contributed by atoms with van der Waals surface area (Å²) in [5.74, 6) is -1.37. The summed E-state index contributed by atoms with van der Waals surface area (Å²) in [5.41, 5.74) is 1.66. The number of nitrogens with one attached hydrogen (secondary N) is 2. The van der Waals surface area contributed by atoms with Crippen LogP contribution in [0.1, 0.15) is 25.8 Å². The molecule has 0 atom stereocenters. The van der Waals surface area contributed by atoms with Gasteiger partial charge in [0.05, 0.1) is 11.4 Å². The molecule has 1 heterocycles. The van der Waals surface area contributed by atoms with Crippen LogP contribution in [0, 0.1) is 6.92 Å². The number of aryl methyl sites for hydroxylation is 1. The summed E-state index contributed by atoms with van der Waals surface area (Å²) in [6, 6.07) is 4.86. The predicted molar refractivity (Wildman–Crippen MR) is 88.8 cm³/mol. The number of nitrogens with zero attached hydrogens (tertiary/aromatic N) is 1. The van der Waals surface area contributed by atoms with Gasteiger partial charge in [-0.3, -0.25) is 13.9 Å². The van der Waals surface area contributed by atoms with Gasteiger partial charge in [-0.2, -0.15) is 0 Å². The molecule has 0 radical (unpaired) electrons. The van der Waals surface area contributed by atoms with Crippen LogP contribution in [0.25, 0.3) is 0 Å². The number of rotatable bonds is 3. The summed E-state index contributed by atoms with van der Waals surface area (Å²) in [6.45, 7) is 5.72. The van der Waals surface area contributed by atoms with Crippen molar-refractivity contribution in [1.29, 1.82) is 0 Å². The second-order valence-corrected chi connectivity index (χ2v) is 7.84. The molecular formula is C15H21N3O4S. The van der Waals surface area contributed by atoms with Crippen molar-refractivity contribution in [2.24, 2.45) is 0 Å².